The van der Waals surface area contributed by atoms with E-state index in [1.54, 1.807) is 0 Å². The molecule has 0 atom stereocenters. The Morgan fingerprint density at radius 2 is 1.71 bits per heavy atom. The zero-order chi connectivity index (χ0) is 21.5. The van der Waals surface area contributed by atoms with Crippen molar-refractivity contribution in [3.8, 4) is 11.8 Å². The molecule has 0 saturated carbocycles. The summed E-state index contributed by atoms with van der Waals surface area (Å²) in [5, 5.41) is 8.96. The van der Waals surface area contributed by atoms with Crippen LogP contribution in [-0.4, -0.2) is 55.1 Å². The van der Waals surface area contributed by atoms with Gasteiger partial charge in [-0.1, -0.05) is 12.1 Å². The number of nitrogens with zero attached hydrogens (tertiary/aromatic N) is 3. The van der Waals surface area contributed by atoms with Crippen LogP contribution in [0.15, 0.2) is 48.5 Å². The second-order valence-corrected chi connectivity index (χ2v) is 10.4. The normalized spacial score (nSPS) is 17.6. The molecule has 31 heavy (non-hydrogen) atoms. The number of hydrogen-bond acceptors (Lipinski definition) is 6. The summed E-state index contributed by atoms with van der Waals surface area (Å²) in [6.07, 6.45) is 2.20. The second kappa shape index (κ2) is 10.8. The van der Waals surface area contributed by atoms with E-state index in [9.17, 15) is 4.79 Å². The van der Waals surface area contributed by atoms with E-state index >= 15 is 0 Å². The highest BCUT2D eigenvalue weighted by Crippen LogP contribution is 2.43. The van der Waals surface area contributed by atoms with E-state index < -0.39 is 0 Å². The number of rotatable bonds is 5. The van der Waals surface area contributed by atoms with Gasteiger partial charge in [-0.2, -0.15) is 5.26 Å². The minimum Gasteiger partial charge on any atom is -0.484 e. The first-order chi connectivity index (χ1) is 15.2. The summed E-state index contributed by atoms with van der Waals surface area (Å²) in [6, 6.07) is 18.0. The lowest BCUT2D eigenvalue weighted by molar-refractivity contribution is -0.133. The number of benzene rings is 2. The molecule has 0 unspecified atom stereocenters. The molecule has 162 valence electrons. The maximum Gasteiger partial charge on any atom is 0.260 e. The SMILES string of the molecule is N#Cc1ccc(N2CCCN(C(=O)COc3ccc(C4SCCCS4)cc3)CC2)cc1. The van der Waals surface area contributed by atoms with Crippen molar-refractivity contribution in [3.05, 3.63) is 59.7 Å². The molecule has 1 amide bonds. The predicted molar refractivity (Wildman–Crippen MR) is 129 cm³/mol. The molecule has 2 heterocycles. The number of nitriles is 1. The second-order valence-electron chi connectivity index (χ2n) is 7.66. The van der Waals surface area contributed by atoms with Gasteiger partial charge in [0.05, 0.1) is 16.2 Å². The van der Waals surface area contributed by atoms with Crippen LogP contribution in [-0.2, 0) is 4.79 Å². The van der Waals surface area contributed by atoms with Gasteiger partial charge in [0.1, 0.15) is 5.75 Å². The van der Waals surface area contributed by atoms with Crippen LogP contribution in [0.2, 0.25) is 0 Å². The smallest absolute Gasteiger partial charge is 0.260 e. The van der Waals surface area contributed by atoms with E-state index in [2.05, 4.69) is 23.1 Å². The molecule has 0 aromatic heterocycles. The fourth-order valence-corrected chi connectivity index (χ4v) is 6.70. The predicted octanol–water partition coefficient (Wildman–Crippen LogP) is 4.54. The van der Waals surface area contributed by atoms with Crippen LogP contribution < -0.4 is 9.64 Å². The van der Waals surface area contributed by atoms with Crippen LogP contribution in [0.1, 0.15) is 28.6 Å². The number of amides is 1. The van der Waals surface area contributed by atoms with Gasteiger partial charge in [-0.25, -0.2) is 0 Å². The van der Waals surface area contributed by atoms with Crippen molar-refractivity contribution in [2.45, 2.75) is 17.4 Å². The summed E-state index contributed by atoms with van der Waals surface area (Å²) in [5.74, 6) is 3.23. The Morgan fingerprint density at radius 1 is 0.968 bits per heavy atom. The fourth-order valence-electron chi connectivity index (χ4n) is 3.81. The van der Waals surface area contributed by atoms with Crippen LogP contribution in [0.5, 0.6) is 5.75 Å². The minimum atomic E-state index is 0.0316. The van der Waals surface area contributed by atoms with Crippen molar-refractivity contribution in [3.63, 3.8) is 0 Å². The Balaban J connectivity index is 1.26. The highest BCUT2D eigenvalue weighted by atomic mass is 32.2. The Labute approximate surface area is 192 Å². The monoisotopic (exact) mass is 453 g/mol. The molecular formula is C24H27N3O2S2. The summed E-state index contributed by atoms with van der Waals surface area (Å²) in [6.45, 7) is 3.17. The summed E-state index contributed by atoms with van der Waals surface area (Å²) < 4.78 is 6.31. The topological polar surface area (TPSA) is 56.6 Å². The van der Waals surface area contributed by atoms with Crippen molar-refractivity contribution >= 4 is 35.1 Å². The van der Waals surface area contributed by atoms with Crippen LogP contribution >= 0.6 is 23.5 Å². The third-order valence-corrected chi connectivity index (χ3v) is 8.57. The molecule has 2 aromatic rings. The summed E-state index contributed by atoms with van der Waals surface area (Å²) in [5.41, 5.74) is 3.08. The van der Waals surface area contributed by atoms with Gasteiger partial charge < -0.3 is 14.5 Å². The fraction of sp³-hybridized carbons (Fsp3) is 0.417. The Morgan fingerprint density at radius 3 is 2.42 bits per heavy atom. The van der Waals surface area contributed by atoms with Gasteiger partial charge >= 0.3 is 0 Å². The third-order valence-electron chi connectivity index (χ3n) is 5.55. The van der Waals surface area contributed by atoms with Gasteiger partial charge in [0.2, 0.25) is 0 Å². The largest absolute Gasteiger partial charge is 0.484 e. The maximum absolute atomic E-state index is 12.7. The summed E-state index contributed by atoms with van der Waals surface area (Å²) >= 11 is 4.01. The first-order valence-electron chi connectivity index (χ1n) is 10.7. The highest BCUT2D eigenvalue weighted by Gasteiger charge is 2.20. The number of hydrogen-bond donors (Lipinski definition) is 0. The molecule has 2 fully saturated rings. The lowest BCUT2D eigenvalue weighted by Crippen LogP contribution is -2.38. The van der Waals surface area contributed by atoms with Crippen molar-refractivity contribution in [2.24, 2.45) is 0 Å². The lowest BCUT2D eigenvalue weighted by Gasteiger charge is -2.24. The van der Waals surface area contributed by atoms with Crippen LogP contribution in [0, 0.1) is 11.3 Å². The molecule has 5 nitrogen and oxygen atoms in total. The van der Waals surface area contributed by atoms with Gasteiger partial charge in [0, 0.05) is 31.9 Å². The number of carbonyl (C=O) groups excluding carboxylic acids is 1. The zero-order valence-corrected chi connectivity index (χ0v) is 19.2. The molecule has 0 N–H and O–H groups in total. The van der Waals surface area contributed by atoms with Crippen LogP contribution in [0.25, 0.3) is 0 Å². The van der Waals surface area contributed by atoms with E-state index in [1.165, 1.54) is 23.5 Å². The zero-order valence-electron chi connectivity index (χ0n) is 17.5. The molecule has 4 rings (SSSR count). The van der Waals surface area contributed by atoms with Crippen LogP contribution in [0.4, 0.5) is 5.69 Å². The van der Waals surface area contributed by atoms with Crippen molar-refractivity contribution in [2.75, 3.05) is 49.2 Å². The van der Waals surface area contributed by atoms with E-state index in [1.807, 2.05) is 64.8 Å². The van der Waals surface area contributed by atoms with E-state index in [0.717, 1.165) is 37.5 Å². The van der Waals surface area contributed by atoms with Crippen molar-refractivity contribution < 1.29 is 9.53 Å². The number of ether oxygens (including phenoxy) is 1. The van der Waals surface area contributed by atoms with Gasteiger partial charge in [-0.05, 0) is 66.3 Å². The Kier molecular flexibility index (Phi) is 7.66. The molecule has 2 aromatic carbocycles. The molecule has 0 spiro atoms. The van der Waals surface area contributed by atoms with Gasteiger partial charge in [0.25, 0.3) is 5.91 Å². The standard InChI is InChI=1S/C24H27N3O2S2/c25-17-19-3-7-21(8-4-19)26-11-1-12-27(14-13-26)23(28)18-29-22-9-5-20(6-10-22)24-30-15-2-16-31-24/h3-10,24H,1-2,11-16,18H2. The van der Waals surface area contributed by atoms with E-state index in [4.69, 9.17) is 10.00 Å². The third kappa shape index (κ3) is 5.90. The van der Waals surface area contributed by atoms with Gasteiger partial charge in [-0.15, -0.1) is 23.5 Å². The van der Waals surface area contributed by atoms with Gasteiger partial charge in [-0.3, -0.25) is 4.79 Å². The Hall–Kier alpha value is -2.30. The molecule has 0 bridgehead atoms. The molecule has 2 saturated heterocycles. The maximum atomic E-state index is 12.7. The number of carbonyl (C=O) groups is 1. The lowest BCUT2D eigenvalue weighted by atomic mass is 10.2. The molecule has 7 heteroatoms. The first kappa shape index (κ1) is 21.9. The average Bonchev–Trinajstić information content (AvgIpc) is 3.10. The minimum absolute atomic E-state index is 0.0316. The number of anilines is 1. The Bertz CT molecular complexity index is 906. The van der Waals surface area contributed by atoms with Crippen molar-refractivity contribution in [1.82, 2.24) is 4.90 Å². The number of thioether (sulfide) groups is 2. The quantitative estimate of drug-likeness (QED) is 0.662. The molecule has 0 aliphatic carbocycles. The van der Waals surface area contributed by atoms with E-state index in [0.29, 0.717) is 16.7 Å². The first-order valence-corrected chi connectivity index (χ1v) is 12.8. The molecule has 2 aliphatic heterocycles. The van der Waals surface area contributed by atoms with Crippen molar-refractivity contribution in [1.29, 1.82) is 5.26 Å². The van der Waals surface area contributed by atoms with E-state index in [-0.39, 0.29) is 12.5 Å². The van der Waals surface area contributed by atoms with Crippen LogP contribution in [0.3, 0.4) is 0 Å². The highest BCUT2D eigenvalue weighted by molar-refractivity contribution is 8.16. The molecule has 0 radical (unpaired) electrons. The molecular weight excluding hydrogens is 426 g/mol. The van der Waals surface area contributed by atoms with Gasteiger partial charge in [0.15, 0.2) is 6.61 Å². The molecule has 2 aliphatic rings. The summed E-state index contributed by atoms with van der Waals surface area (Å²) in [4.78, 5) is 16.9. The summed E-state index contributed by atoms with van der Waals surface area (Å²) in [7, 11) is 0. The average molecular weight is 454 g/mol.